The van der Waals surface area contributed by atoms with Crippen molar-refractivity contribution >= 4 is 0 Å². The van der Waals surface area contributed by atoms with E-state index < -0.39 is 0 Å². The fraction of sp³-hybridized carbons (Fsp3) is 0.647. The van der Waals surface area contributed by atoms with Gasteiger partial charge >= 0.3 is 0 Å². The van der Waals surface area contributed by atoms with Gasteiger partial charge in [-0.15, -0.1) is 0 Å². The third-order valence-corrected chi connectivity index (χ3v) is 3.88. The van der Waals surface area contributed by atoms with E-state index in [2.05, 4.69) is 45.1 Å². The molecule has 0 amide bonds. The minimum Gasteiger partial charge on any atom is -0.486 e. The van der Waals surface area contributed by atoms with Gasteiger partial charge in [0, 0.05) is 0 Å². The van der Waals surface area contributed by atoms with Gasteiger partial charge in [0.2, 0.25) is 0 Å². The molecule has 0 aromatic heterocycles. The molecule has 0 saturated heterocycles. The Morgan fingerprint density at radius 2 is 1.86 bits per heavy atom. The van der Waals surface area contributed by atoms with E-state index >= 15 is 0 Å². The monoisotopic (exact) mass is 293 g/mol. The highest BCUT2D eigenvalue weighted by Gasteiger charge is 2.18. The SMILES string of the molecule is CCNC(COC(C)C(C)C)c1ccc2c(c1)OCCO2. The van der Waals surface area contributed by atoms with E-state index in [-0.39, 0.29) is 12.1 Å². The molecular weight excluding hydrogens is 266 g/mol. The molecule has 0 bridgehead atoms. The lowest BCUT2D eigenvalue weighted by atomic mass is 10.1. The first-order chi connectivity index (χ1) is 10.1. The average molecular weight is 293 g/mol. The van der Waals surface area contributed by atoms with Gasteiger partial charge < -0.3 is 19.5 Å². The predicted octanol–water partition coefficient (Wildman–Crippen LogP) is 3.17. The van der Waals surface area contributed by atoms with Crippen molar-refractivity contribution in [3.8, 4) is 11.5 Å². The van der Waals surface area contributed by atoms with Crippen LogP contribution >= 0.6 is 0 Å². The smallest absolute Gasteiger partial charge is 0.161 e. The summed E-state index contributed by atoms with van der Waals surface area (Å²) in [4.78, 5) is 0. The Bertz CT molecular complexity index is 448. The molecular formula is C17H27NO3. The zero-order valence-corrected chi connectivity index (χ0v) is 13.5. The zero-order chi connectivity index (χ0) is 15.2. The van der Waals surface area contributed by atoms with Crippen molar-refractivity contribution in [1.29, 1.82) is 0 Å². The molecule has 21 heavy (non-hydrogen) atoms. The van der Waals surface area contributed by atoms with Crippen molar-refractivity contribution in [2.24, 2.45) is 5.92 Å². The highest BCUT2D eigenvalue weighted by Crippen LogP contribution is 2.32. The molecule has 118 valence electrons. The van der Waals surface area contributed by atoms with Crippen LogP contribution in [0, 0.1) is 5.92 Å². The molecule has 2 atom stereocenters. The normalized spacial score (nSPS) is 16.8. The summed E-state index contributed by atoms with van der Waals surface area (Å²) in [5.41, 5.74) is 1.18. The topological polar surface area (TPSA) is 39.7 Å². The van der Waals surface area contributed by atoms with Crippen molar-refractivity contribution in [3.05, 3.63) is 23.8 Å². The summed E-state index contributed by atoms with van der Waals surface area (Å²) < 4.78 is 17.2. The van der Waals surface area contributed by atoms with E-state index in [0.717, 1.165) is 18.0 Å². The van der Waals surface area contributed by atoms with Crippen LogP contribution in [0.25, 0.3) is 0 Å². The van der Waals surface area contributed by atoms with E-state index in [9.17, 15) is 0 Å². The second-order valence-electron chi connectivity index (χ2n) is 5.80. The second kappa shape index (κ2) is 7.66. The fourth-order valence-corrected chi connectivity index (χ4v) is 2.24. The minimum absolute atomic E-state index is 0.173. The molecule has 1 aliphatic heterocycles. The molecule has 0 fully saturated rings. The first kappa shape index (κ1) is 16.1. The van der Waals surface area contributed by atoms with Crippen molar-refractivity contribution in [3.63, 3.8) is 0 Å². The van der Waals surface area contributed by atoms with Gasteiger partial charge in [0.15, 0.2) is 11.5 Å². The van der Waals surface area contributed by atoms with Crippen LogP contribution in [0.15, 0.2) is 18.2 Å². The number of ether oxygens (including phenoxy) is 3. The maximum absolute atomic E-state index is 5.98. The van der Waals surface area contributed by atoms with E-state index in [1.165, 1.54) is 5.56 Å². The van der Waals surface area contributed by atoms with Crippen LogP contribution < -0.4 is 14.8 Å². The maximum atomic E-state index is 5.98. The maximum Gasteiger partial charge on any atom is 0.161 e. The molecule has 0 saturated carbocycles. The van der Waals surface area contributed by atoms with Crippen molar-refractivity contribution in [1.82, 2.24) is 5.32 Å². The second-order valence-corrected chi connectivity index (χ2v) is 5.80. The Hall–Kier alpha value is -1.26. The third-order valence-electron chi connectivity index (χ3n) is 3.88. The summed E-state index contributed by atoms with van der Waals surface area (Å²) in [6, 6.07) is 6.31. The lowest BCUT2D eigenvalue weighted by Gasteiger charge is -2.25. The highest BCUT2D eigenvalue weighted by atomic mass is 16.6. The van der Waals surface area contributed by atoms with Crippen LogP contribution in [-0.4, -0.2) is 32.5 Å². The molecule has 0 radical (unpaired) electrons. The molecule has 1 heterocycles. The van der Waals surface area contributed by atoms with E-state index in [0.29, 0.717) is 25.7 Å². The van der Waals surface area contributed by atoms with Crippen LogP contribution in [0.3, 0.4) is 0 Å². The summed E-state index contributed by atoms with van der Waals surface area (Å²) in [5.74, 6) is 2.18. The Labute approximate surface area is 127 Å². The molecule has 4 heteroatoms. The van der Waals surface area contributed by atoms with Crippen LogP contribution in [0.1, 0.15) is 39.3 Å². The Kier molecular flexibility index (Phi) is 5.88. The third kappa shape index (κ3) is 4.35. The van der Waals surface area contributed by atoms with Gasteiger partial charge in [0.05, 0.1) is 18.8 Å². The summed E-state index contributed by atoms with van der Waals surface area (Å²) >= 11 is 0. The molecule has 0 aliphatic carbocycles. The van der Waals surface area contributed by atoms with Gasteiger partial charge in [-0.3, -0.25) is 0 Å². The predicted molar refractivity (Wildman–Crippen MR) is 84.1 cm³/mol. The first-order valence-electron chi connectivity index (χ1n) is 7.86. The number of hydrogen-bond donors (Lipinski definition) is 1. The Morgan fingerprint density at radius 1 is 1.14 bits per heavy atom. The summed E-state index contributed by atoms with van der Waals surface area (Å²) in [5, 5.41) is 3.48. The molecule has 2 rings (SSSR count). The van der Waals surface area contributed by atoms with Crippen molar-refractivity contribution < 1.29 is 14.2 Å². The Morgan fingerprint density at radius 3 is 2.52 bits per heavy atom. The van der Waals surface area contributed by atoms with Crippen LogP contribution in [0.5, 0.6) is 11.5 Å². The van der Waals surface area contributed by atoms with Crippen LogP contribution in [-0.2, 0) is 4.74 Å². The molecule has 2 unspecified atom stereocenters. The van der Waals surface area contributed by atoms with Gasteiger partial charge in [-0.25, -0.2) is 0 Å². The van der Waals surface area contributed by atoms with Crippen LogP contribution in [0.2, 0.25) is 0 Å². The number of benzene rings is 1. The summed E-state index contributed by atoms with van der Waals surface area (Å²) in [6.07, 6.45) is 0.253. The molecule has 1 N–H and O–H groups in total. The lowest BCUT2D eigenvalue weighted by Crippen LogP contribution is -2.28. The molecule has 1 aliphatic rings. The number of rotatable bonds is 7. The van der Waals surface area contributed by atoms with Gasteiger partial charge in [-0.1, -0.05) is 26.8 Å². The van der Waals surface area contributed by atoms with E-state index in [1.807, 2.05) is 6.07 Å². The standard InChI is InChI=1S/C17H27NO3/c1-5-18-15(11-21-13(4)12(2)3)14-6-7-16-17(10-14)20-9-8-19-16/h6-7,10,12-13,15,18H,5,8-9,11H2,1-4H3. The van der Waals surface area contributed by atoms with Crippen molar-refractivity contribution in [2.75, 3.05) is 26.4 Å². The molecule has 0 spiro atoms. The average Bonchev–Trinajstić information content (AvgIpc) is 2.50. The Balaban J connectivity index is 2.06. The molecule has 1 aromatic carbocycles. The largest absolute Gasteiger partial charge is 0.486 e. The van der Waals surface area contributed by atoms with Gasteiger partial charge in [-0.2, -0.15) is 0 Å². The van der Waals surface area contributed by atoms with Crippen LogP contribution in [0.4, 0.5) is 0 Å². The molecule has 1 aromatic rings. The van der Waals surface area contributed by atoms with Gasteiger partial charge in [0.25, 0.3) is 0 Å². The number of likely N-dealkylation sites (N-methyl/N-ethyl adjacent to an activating group) is 1. The summed E-state index contributed by atoms with van der Waals surface area (Å²) in [7, 11) is 0. The first-order valence-corrected chi connectivity index (χ1v) is 7.86. The number of nitrogens with one attached hydrogen (secondary N) is 1. The number of fused-ring (bicyclic) bond motifs is 1. The zero-order valence-electron chi connectivity index (χ0n) is 13.5. The van der Waals surface area contributed by atoms with Gasteiger partial charge in [-0.05, 0) is 37.1 Å². The highest BCUT2D eigenvalue weighted by molar-refractivity contribution is 5.44. The van der Waals surface area contributed by atoms with Gasteiger partial charge in [0.1, 0.15) is 13.2 Å². The summed E-state index contributed by atoms with van der Waals surface area (Å²) in [6.45, 7) is 11.4. The van der Waals surface area contributed by atoms with Crippen molar-refractivity contribution in [2.45, 2.75) is 39.8 Å². The minimum atomic E-state index is 0.173. The lowest BCUT2D eigenvalue weighted by molar-refractivity contribution is 0.0219. The van der Waals surface area contributed by atoms with E-state index in [1.54, 1.807) is 0 Å². The number of hydrogen-bond acceptors (Lipinski definition) is 4. The van der Waals surface area contributed by atoms with E-state index in [4.69, 9.17) is 14.2 Å². The molecule has 4 nitrogen and oxygen atoms in total. The quantitative estimate of drug-likeness (QED) is 0.838. The fourth-order valence-electron chi connectivity index (χ4n) is 2.24.